The van der Waals surface area contributed by atoms with Gasteiger partial charge in [-0.1, -0.05) is 0 Å². The standard InChI is InChI=1S/C19H14N4O2/c1-23-11-13(9-22-23)12-24-16-2-3-18-15(6-16)7-19(25-18)17-10-21-5-4-14(17)8-20/h2-7,9-11H,12H2,1H3. The van der Waals surface area contributed by atoms with Crippen LogP contribution < -0.4 is 4.74 Å². The SMILES string of the molecule is Cn1cc(COc2ccc3oc(-c4cnccc4C#N)cc3c2)cn1. The molecule has 0 fully saturated rings. The van der Waals surface area contributed by atoms with Crippen LogP contribution in [0.3, 0.4) is 0 Å². The Bertz CT molecular complexity index is 1090. The number of fused-ring (bicyclic) bond motifs is 1. The average molecular weight is 330 g/mol. The zero-order chi connectivity index (χ0) is 17.2. The molecule has 6 nitrogen and oxygen atoms in total. The van der Waals surface area contributed by atoms with Crippen molar-refractivity contribution in [3.8, 4) is 23.1 Å². The summed E-state index contributed by atoms with van der Waals surface area (Å²) in [7, 11) is 1.87. The fraction of sp³-hybridized carbons (Fsp3) is 0.105. The number of aryl methyl sites for hydroxylation is 1. The second kappa shape index (κ2) is 6.13. The van der Waals surface area contributed by atoms with E-state index in [1.54, 1.807) is 29.3 Å². The van der Waals surface area contributed by atoms with Crippen LogP contribution >= 0.6 is 0 Å². The second-order valence-corrected chi connectivity index (χ2v) is 5.65. The van der Waals surface area contributed by atoms with Crippen LogP contribution in [0.1, 0.15) is 11.1 Å². The number of ether oxygens (including phenoxy) is 1. The minimum Gasteiger partial charge on any atom is -0.489 e. The number of pyridine rings is 1. The lowest BCUT2D eigenvalue weighted by Gasteiger charge is -2.03. The van der Waals surface area contributed by atoms with Gasteiger partial charge in [-0.25, -0.2) is 0 Å². The topological polar surface area (TPSA) is 76.9 Å². The van der Waals surface area contributed by atoms with Crippen LogP contribution in [0.5, 0.6) is 5.75 Å². The summed E-state index contributed by atoms with van der Waals surface area (Å²) in [5.41, 5.74) is 2.95. The highest BCUT2D eigenvalue weighted by Gasteiger charge is 2.11. The van der Waals surface area contributed by atoms with E-state index in [9.17, 15) is 5.26 Å². The largest absolute Gasteiger partial charge is 0.489 e. The molecule has 0 aliphatic carbocycles. The van der Waals surface area contributed by atoms with Crippen molar-refractivity contribution in [3.63, 3.8) is 0 Å². The molecule has 0 amide bonds. The van der Waals surface area contributed by atoms with E-state index < -0.39 is 0 Å². The summed E-state index contributed by atoms with van der Waals surface area (Å²) < 4.78 is 13.4. The molecule has 25 heavy (non-hydrogen) atoms. The lowest BCUT2D eigenvalue weighted by Crippen LogP contribution is -1.93. The van der Waals surface area contributed by atoms with Gasteiger partial charge >= 0.3 is 0 Å². The number of furan rings is 1. The van der Waals surface area contributed by atoms with Gasteiger partial charge in [0.1, 0.15) is 29.8 Å². The van der Waals surface area contributed by atoms with Gasteiger partial charge in [0.15, 0.2) is 0 Å². The zero-order valence-electron chi connectivity index (χ0n) is 13.5. The van der Waals surface area contributed by atoms with E-state index in [0.717, 1.165) is 22.3 Å². The van der Waals surface area contributed by atoms with Crippen LogP contribution in [-0.4, -0.2) is 14.8 Å². The molecule has 0 N–H and O–H groups in total. The van der Waals surface area contributed by atoms with E-state index in [0.29, 0.717) is 23.5 Å². The highest BCUT2D eigenvalue weighted by Crippen LogP contribution is 2.31. The van der Waals surface area contributed by atoms with Crippen molar-refractivity contribution in [3.05, 3.63) is 66.2 Å². The fourth-order valence-corrected chi connectivity index (χ4v) is 2.65. The predicted molar refractivity (Wildman–Crippen MR) is 91.7 cm³/mol. The molecule has 4 rings (SSSR count). The Hall–Kier alpha value is -3.59. The van der Waals surface area contributed by atoms with Gasteiger partial charge in [0, 0.05) is 36.6 Å². The third-order valence-corrected chi connectivity index (χ3v) is 3.86. The predicted octanol–water partition coefficient (Wildman–Crippen LogP) is 3.68. The molecule has 1 aromatic carbocycles. The van der Waals surface area contributed by atoms with Gasteiger partial charge in [0.25, 0.3) is 0 Å². The normalized spacial score (nSPS) is 10.7. The molecule has 122 valence electrons. The van der Waals surface area contributed by atoms with Crippen molar-refractivity contribution in [2.45, 2.75) is 6.61 Å². The average Bonchev–Trinajstić information content (AvgIpc) is 3.25. The monoisotopic (exact) mass is 330 g/mol. The highest BCUT2D eigenvalue weighted by molar-refractivity contribution is 5.84. The first-order valence-corrected chi connectivity index (χ1v) is 7.71. The molecular formula is C19H14N4O2. The van der Waals surface area contributed by atoms with E-state index in [4.69, 9.17) is 9.15 Å². The summed E-state index contributed by atoms with van der Waals surface area (Å²) in [6, 6.07) is 11.4. The van der Waals surface area contributed by atoms with Crippen molar-refractivity contribution in [1.82, 2.24) is 14.8 Å². The Morgan fingerprint density at radius 3 is 2.96 bits per heavy atom. The Morgan fingerprint density at radius 1 is 1.24 bits per heavy atom. The van der Waals surface area contributed by atoms with E-state index >= 15 is 0 Å². The van der Waals surface area contributed by atoms with Crippen molar-refractivity contribution in [2.75, 3.05) is 0 Å². The first kappa shape index (κ1) is 15.0. The minimum absolute atomic E-state index is 0.450. The van der Waals surface area contributed by atoms with Crippen LogP contribution in [0.25, 0.3) is 22.3 Å². The third-order valence-electron chi connectivity index (χ3n) is 3.86. The molecule has 0 saturated carbocycles. The molecule has 0 aliphatic rings. The Kier molecular flexibility index (Phi) is 3.67. The maximum atomic E-state index is 9.23. The number of aromatic nitrogens is 3. The van der Waals surface area contributed by atoms with Gasteiger partial charge < -0.3 is 9.15 Å². The van der Waals surface area contributed by atoms with Gasteiger partial charge in [-0.2, -0.15) is 10.4 Å². The van der Waals surface area contributed by atoms with Gasteiger partial charge in [-0.05, 0) is 30.3 Å². The van der Waals surface area contributed by atoms with Crippen LogP contribution in [0.2, 0.25) is 0 Å². The summed E-state index contributed by atoms with van der Waals surface area (Å²) >= 11 is 0. The number of hydrogen-bond acceptors (Lipinski definition) is 5. The van der Waals surface area contributed by atoms with Gasteiger partial charge in [0.2, 0.25) is 0 Å². The van der Waals surface area contributed by atoms with Crippen LogP contribution in [0.15, 0.2) is 59.5 Å². The van der Waals surface area contributed by atoms with E-state index in [2.05, 4.69) is 16.2 Å². The number of nitrogens with zero attached hydrogens (tertiary/aromatic N) is 4. The summed E-state index contributed by atoms with van der Waals surface area (Å²) in [4.78, 5) is 4.08. The molecule has 4 aromatic rings. The molecular weight excluding hydrogens is 316 g/mol. The van der Waals surface area contributed by atoms with Crippen molar-refractivity contribution >= 4 is 11.0 Å². The molecule has 0 unspecified atom stereocenters. The quantitative estimate of drug-likeness (QED) is 0.570. The van der Waals surface area contributed by atoms with Crippen molar-refractivity contribution < 1.29 is 9.15 Å². The van der Waals surface area contributed by atoms with Gasteiger partial charge in [-0.3, -0.25) is 9.67 Å². The number of hydrogen-bond donors (Lipinski definition) is 0. The van der Waals surface area contributed by atoms with Crippen LogP contribution in [0, 0.1) is 11.3 Å². The van der Waals surface area contributed by atoms with E-state index in [1.165, 1.54) is 0 Å². The molecule has 3 heterocycles. The van der Waals surface area contributed by atoms with Gasteiger partial charge in [-0.15, -0.1) is 0 Å². The Balaban J connectivity index is 1.62. The lowest BCUT2D eigenvalue weighted by molar-refractivity contribution is 0.306. The number of nitriles is 1. The first-order chi connectivity index (χ1) is 12.2. The molecule has 6 heteroatoms. The Morgan fingerprint density at radius 2 is 2.16 bits per heavy atom. The Labute approximate surface area is 143 Å². The minimum atomic E-state index is 0.450. The fourth-order valence-electron chi connectivity index (χ4n) is 2.65. The lowest BCUT2D eigenvalue weighted by atomic mass is 10.1. The van der Waals surface area contributed by atoms with Gasteiger partial charge in [0.05, 0.1) is 17.3 Å². The molecule has 0 radical (unpaired) electrons. The smallest absolute Gasteiger partial charge is 0.138 e. The molecule has 0 atom stereocenters. The molecule has 3 aromatic heterocycles. The first-order valence-electron chi connectivity index (χ1n) is 7.71. The van der Waals surface area contributed by atoms with Crippen LogP contribution in [0.4, 0.5) is 0 Å². The maximum absolute atomic E-state index is 9.23. The third kappa shape index (κ3) is 2.95. The van der Waals surface area contributed by atoms with Crippen LogP contribution in [-0.2, 0) is 13.7 Å². The van der Waals surface area contributed by atoms with E-state index in [-0.39, 0.29) is 0 Å². The highest BCUT2D eigenvalue weighted by atomic mass is 16.5. The zero-order valence-corrected chi connectivity index (χ0v) is 13.5. The summed E-state index contributed by atoms with van der Waals surface area (Å²) in [5, 5.41) is 14.3. The number of benzene rings is 1. The molecule has 0 aliphatic heterocycles. The van der Waals surface area contributed by atoms with Crippen molar-refractivity contribution in [1.29, 1.82) is 5.26 Å². The maximum Gasteiger partial charge on any atom is 0.138 e. The van der Waals surface area contributed by atoms with Crippen molar-refractivity contribution in [2.24, 2.45) is 7.05 Å². The molecule has 0 spiro atoms. The summed E-state index contributed by atoms with van der Waals surface area (Å²) in [5.74, 6) is 1.36. The summed E-state index contributed by atoms with van der Waals surface area (Å²) in [6.07, 6.45) is 6.92. The second-order valence-electron chi connectivity index (χ2n) is 5.65. The number of rotatable bonds is 4. The summed E-state index contributed by atoms with van der Waals surface area (Å²) in [6.45, 7) is 0.450. The molecule has 0 saturated heterocycles. The molecule has 0 bridgehead atoms. The van der Waals surface area contributed by atoms with E-state index in [1.807, 2.05) is 37.5 Å².